The highest BCUT2D eigenvalue weighted by Gasteiger charge is 2.27. The van der Waals surface area contributed by atoms with E-state index in [0.29, 0.717) is 0 Å². The molecule has 6 heteroatoms. The highest BCUT2D eigenvalue weighted by atomic mass is 16.2. The fourth-order valence-corrected chi connectivity index (χ4v) is 2.51. The van der Waals surface area contributed by atoms with Crippen molar-refractivity contribution in [2.45, 2.75) is 24.8 Å². The number of hydrazine groups is 1. The van der Waals surface area contributed by atoms with E-state index in [0.717, 1.165) is 24.0 Å². The molecular formula is C19H19N3O3. The van der Waals surface area contributed by atoms with Crippen LogP contribution in [-0.2, 0) is 14.4 Å². The van der Waals surface area contributed by atoms with Gasteiger partial charge in [-0.05, 0) is 24.0 Å². The first kappa shape index (κ1) is 16.7. The lowest BCUT2D eigenvalue weighted by Crippen LogP contribution is -2.50. The van der Waals surface area contributed by atoms with Crippen molar-refractivity contribution >= 4 is 17.7 Å². The average Bonchev–Trinajstić information content (AvgIpc) is 3.45. The number of carbonyl (C=O) groups excluding carboxylic acids is 3. The molecule has 0 radical (unpaired) electrons. The summed E-state index contributed by atoms with van der Waals surface area (Å²) in [5.74, 6) is -2.61. The zero-order valence-electron chi connectivity index (χ0n) is 13.6. The van der Waals surface area contributed by atoms with E-state index in [2.05, 4.69) is 16.2 Å². The van der Waals surface area contributed by atoms with Gasteiger partial charge in [-0.3, -0.25) is 25.2 Å². The number of nitrogens with one attached hydrogen (secondary N) is 3. The van der Waals surface area contributed by atoms with Crippen molar-refractivity contribution < 1.29 is 14.4 Å². The Morgan fingerprint density at radius 2 is 1.28 bits per heavy atom. The summed E-state index contributed by atoms with van der Waals surface area (Å²) in [4.78, 5) is 36.1. The maximum Gasteiger partial charge on any atom is 0.327 e. The molecule has 1 aliphatic carbocycles. The molecule has 0 saturated heterocycles. The summed E-state index contributed by atoms with van der Waals surface area (Å²) in [6.45, 7) is 0. The molecule has 0 aliphatic heterocycles. The normalized spacial score (nSPS) is 13.2. The summed E-state index contributed by atoms with van der Waals surface area (Å²) in [6, 6.07) is 18.6. The second-order valence-corrected chi connectivity index (χ2v) is 5.95. The molecule has 0 spiro atoms. The smallest absolute Gasteiger partial charge is 0.327 e. The number of amides is 3. The Hall–Kier alpha value is -3.15. The number of rotatable bonds is 4. The van der Waals surface area contributed by atoms with Crippen LogP contribution in [0.25, 0.3) is 0 Å². The molecule has 128 valence electrons. The van der Waals surface area contributed by atoms with Crippen LogP contribution in [0, 0.1) is 0 Å². The maximum atomic E-state index is 12.6. The standard InChI is InChI=1S/C19H19N3O3/c23-17(21-22-19(25)18(24)20-15-11-12-15)16(13-7-3-1-4-8-13)14-9-5-2-6-10-14/h1-10,15-16H,11-12H2,(H,20,24)(H,21,23)(H,22,25). The first-order valence-electron chi connectivity index (χ1n) is 8.15. The van der Waals surface area contributed by atoms with Gasteiger partial charge in [0.2, 0.25) is 5.91 Å². The molecule has 0 heterocycles. The Balaban J connectivity index is 1.69. The van der Waals surface area contributed by atoms with E-state index >= 15 is 0 Å². The molecule has 0 bridgehead atoms. The Kier molecular flexibility index (Phi) is 5.09. The molecule has 1 aliphatic rings. The Bertz CT molecular complexity index is 718. The van der Waals surface area contributed by atoms with Crippen LogP contribution in [0.1, 0.15) is 29.9 Å². The van der Waals surface area contributed by atoms with Gasteiger partial charge >= 0.3 is 11.8 Å². The molecule has 2 aromatic rings. The summed E-state index contributed by atoms with van der Waals surface area (Å²) < 4.78 is 0. The highest BCUT2D eigenvalue weighted by molar-refractivity contribution is 6.35. The minimum Gasteiger partial charge on any atom is -0.345 e. The van der Waals surface area contributed by atoms with Crippen LogP contribution in [-0.4, -0.2) is 23.8 Å². The van der Waals surface area contributed by atoms with Gasteiger partial charge in [0, 0.05) is 6.04 Å². The lowest BCUT2D eigenvalue weighted by Gasteiger charge is -2.18. The summed E-state index contributed by atoms with van der Waals surface area (Å²) in [5, 5.41) is 2.57. The van der Waals surface area contributed by atoms with Crippen LogP contribution in [0.15, 0.2) is 60.7 Å². The second-order valence-electron chi connectivity index (χ2n) is 5.95. The van der Waals surface area contributed by atoms with E-state index in [-0.39, 0.29) is 6.04 Å². The van der Waals surface area contributed by atoms with Gasteiger partial charge in [0.25, 0.3) is 0 Å². The van der Waals surface area contributed by atoms with Crippen LogP contribution in [0.3, 0.4) is 0 Å². The third-order valence-electron chi connectivity index (χ3n) is 3.95. The van der Waals surface area contributed by atoms with Gasteiger partial charge in [-0.2, -0.15) is 0 Å². The van der Waals surface area contributed by atoms with Crippen molar-refractivity contribution in [3.05, 3.63) is 71.8 Å². The van der Waals surface area contributed by atoms with Crippen molar-refractivity contribution in [1.29, 1.82) is 0 Å². The van der Waals surface area contributed by atoms with Gasteiger partial charge in [-0.1, -0.05) is 60.7 Å². The molecule has 2 aromatic carbocycles. The number of hydrogen-bond donors (Lipinski definition) is 3. The van der Waals surface area contributed by atoms with E-state index in [1.54, 1.807) is 0 Å². The molecule has 1 saturated carbocycles. The zero-order valence-corrected chi connectivity index (χ0v) is 13.6. The molecule has 25 heavy (non-hydrogen) atoms. The predicted molar refractivity (Wildman–Crippen MR) is 92.2 cm³/mol. The first-order chi connectivity index (χ1) is 12.1. The molecule has 0 unspecified atom stereocenters. The Labute approximate surface area is 145 Å². The molecule has 3 amide bonds. The van der Waals surface area contributed by atoms with Crippen molar-refractivity contribution in [2.24, 2.45) is 0 Å². The maximum absolute atomic E-state index is 12.6. The Morgan fingerprint density at radius 3 is 1.76 bits per heavy atom. The SMILES string of the molecule is O=C(NNC(=O)C(c1ccccc1)c1ccccc1)C(=O)NC1CC1. The van der Waals surface area contributed by atoms with Crippen LogP contribution < -0.4 is 16.2 Å². The van der Waals surface area contributed by atoms with E-state index < -0.39 is 23.6 Å². The summed E-state index contributed by atoms with van der Waals surface area (Å²) in [6.07, 6.45) is 1.77. The van der Waals surface area contributed by atoms with Crippen LogP contribution >= 0.6 is 0 Å². The lowest BCUT2D eigenvalue weighted by molar-refractivity contribution is -0.141. The molecular weight excluding hydrogens is 318 g/mol. The average molecular weight is 337 g/mol. The van der Waals surface area contributed by atoms with Crippen molar-refractivity contribution in [3.63, 3.8) is 0 Å². The third-order valence-corrected chi connectivity index (χ3v) is 3.95. The molecule has 0 aromatic heterocycles. The van der Waals surface area contributed by atoms with E-state index in [4.69, 9.17) is 0 Å². The topological polar surface area (TPSA) is 87.3 Å². The fraction of sp³-hybridized carbons (Fsp3) is 0.211. The fourth-order valence-electron chi connectivity index (χ4n) is 2.51. The third kappa shape index (κ3) is 4.44. The van der Waals surface area contributed by atoms with Gasteiger partial charge in [-0.15, -0.1) is 0 Å². The zero-order chi connectivity index (χ0) is 17.6. The van der Waals surface area contributed by atoms with Gasteiger partial charge < -0.3 is 5.32 Å². The monoisotopic (exact) mass is 337 g/mol. The predicted octanol–water partition coefficient (Wildman–Crippen LogP) is 1.24. The number of benzene rings is 2. The molecule has 1 fully saturated rings. The van der Waals surface area contributed by atoms with Gasteiger partial charge in [-0.25, -0.2) is 0 Å². The number of carbonyl (C=O) groups is 3. The minimum absolute atomic E-state index is 0.0790. The van der Waals surface area contributed by atoms with Crippen molar-refractivity contribution in [3.8, 4) is 0 Å². The second kappa shape index (κ2) is 7.61. The molecule has 3 N–H and O–H groups in total. The van der Waals surface area contributed by atoms with Crippen molar-refractivity contribution in [1.82, 2.24) is 16.2 Å². The van der Waals surface area contributed by atoms with E-state index in [1.165, 1.54) is 0 Å². The van der Waals surface area contributed by atoms with Gasteiger partial charge in [0.05, 0.1) is 5.92 Å². The molecule has 0 atom stereocenters. The van der Waals surface area contributed by atoms with Gasteiger partial charge in [0.1, 0.15) is 0 Å². The Morgan fingerprint density at radius 1 is 0.760 bits per heavy atom. The molecule has 6 nitrogen and oxygen atoms in total. The minimum atomic E-state index is -0.875. The van der Waals surface area contributed by atoms with Crippen molar-refractivity contribution in [2.75, 3.05) is 0 Å². The van der Waals surface area contributed by atoms with Crippen LogP contribution in [0.4, 0.5) is 0 Å². The molecule has 3 rings (SSSR count). The van der Waals surface area contributed by atoms with Gasteiger partial charge in [0.15, 0.2) is 0 Å². The first-order valence-corrected chi connectivity index (χ1v) is 8.15. The van der Waals surface area contributed by atoms with Crippen LogP contribution in [0.5, 0.6) is 0 Å². The largest absolute Gasteiger partial charge is 0.345 e. The van der Waals surface area contributed by atoms with E-state index in [9.17, 15) is 14.4 Å². The van der Waals surface area contributed by atoms with Crippen LogP contribution in [0.2, 0.25) is 0 Å². The summed E-state index contributed by atoms with van der Waals surface area (Å²) in [5.41, 5.74) is 6.13. The van der Waals surface area contributed by atoms with E-state index in [1.807, 2.05) is 60.7 Å². The highest BCUT2D eigenvalue weighted by Crippen LogP contribution is 2.24. The lowest BCUT2D eigenvalue weighted by atomic mass is 9.91. The number of hydrogen-bond acceptors (Lipinski definition) is 3. The summed E-state index contributed by atoms with van der Waals surface area (Å²) >= 11 is 0. The summed E-state index contributed by atoms with van der Waals surface area (Å²) in [7, 11) is 0. The quantitative estimate of drug-likeness (QED) is 0.579.